The van der Waals surface area contributed by atoms with Crippen LogP contribution in [0.4, 0.5) is 0 Å². The third-order valence-electron chi connectivity index (χ3n) is 17.2. The fourth-order valence-electron chi connectivity index (χ4n) is 11.3. The van der Waals surface area contributed by atoms with Gasteiger partial charge >= 0.3 is 19.8 Å². The molecule has 0 saturated heterocycles. The van der Waals surface area contributed by atoms with Gasteiger partial charge in [0, 0.05) is 12.8 Å². The van der Waals surface area contributed by atoms with Gasteiger partial charge in [0.25, 0.3) is 0 Å². The standard InChI is InChI=1S/C80H148NO8P/c1-6-8-10-12-14-16-18-20-22-24-26-28-30-32-33-34-35-36-37-38-39-40-41-42-43-44-45-46-47-49-51-53-55-57-59-61-63-65-67-69-71-73-80(83)89-78(77-88-90(84,85)87-75-74-81(3,4)5)76-86-79(82)72-70-68-66-64-62-60-58-56-54-52-50-48-31-29-27-25-23-21-19-17-15-13-11-9-7-2/h8,10,14,16,19-22,25-28,78H,6-7,9,11-13,15,17-18,23-24,29-77H2,1-5H3/p+1/b10-8-,16-14-,21-19-,22-20-,27-25-,28-26-. The van der Waals surface area contributed by atoms with E-state index in [9.17, 15) is 19.0 Å². The lowest BCUT2D eigenvalue weighted by atomic mass is 10.0. The van der Waals surface area contributed by atoms with Crippen LogP contribution in [0.3, 0.4) is 0 Å². The van der Waals surface area contributed by atoms with E-state index in [1.807, 2.05) is 21.1 Å². The molecule has 90 heavy (non-hydrogen) atoms. The molecule has 0 aliphatic carbocycles. The molecule has 0 bridgehead atoms. The summed E-state index contributed by atoms with van der Waals surface area (Å²) in [7, 11) is 1.49. The maximum Gasteiger partial charge on any atom is 0.472 e. The van der Waals surface area contributed by atoms with E-state index in [0.29, 0.717) is 23.9 Å². The third-order valence-corrected chi connectivity index (χ3v) is 18.2. The van der Waals surface area contributed by atoms with Gasteiger partial charge in [0.15, 0.2) is 6.10 Å². The van der Waals surface area contributed by atoms with E-state index in [2.05, 4.69) is 86.8 Å². The zero-order valence-corrected chi connectivity index (χ0v) is 61.0. The number of carbonyl (C=O) groups excluding carboxylic acids is 2. The SMILES string of the molecule is CC/C=C\C/C=C\C/C=C\C/C=C\CCCCCCCCCCCCCCCCCCCCCCCCCCCCCCC(=O)OC(COC(=O)CCCCCCCCCCCCCCC/C=C\C/C=C\CCCCCCC)COP(=O)(O)OCC[N+](C)(C)C. The van der Waals surface area contributed by atoms with Gasteiger partial charge in [-0.25, -0.2) is 4.57 Å². The van der Waals surface area contributed by atoms with Crippen LogP contribution in [-0.4, -0.2) is 74.9 Å². The Kier molecular flexibility index (Phi) is 68.8. The number of carbonyl (C=O) groups is 2. The van der Waals surface area contributed by atoms with Crippen molar-refractivity contribution in [2.75, 3.05) is 47.5 Å². The first kappa shape index (κ1) is 87.5. The lowest BCUT2D eigenvalue weighted by molar-refractivity contribution is -0.870. The van der Waals surface area contributed by atoms with Gasteiger partial charge in [-0.2, -0.15) is 0 Å². The first-order valence-corrected chi connectivity index (χ1v) is 40.2. The van der Waals surface area contributed by atoms with E-state index in [0.717, 1.165) is 64.2 Å². The summed E-state index contributed by atoms with van der Waals surface area (Å²) >= 11 is 0. The summed E-state index contributed by atoms with van der Waals surface area (Å²) in [6.07, 6.45) is 96.2. The number of quaternary nitrogens is 1. The van der Waals surface area contributed by atoms with Crippen LogP contribution in [-0.2, 0) is 32.7 Å². The topological polar surface area (TPSA) is 108 Å². The molecule has 2 atom stereocenters. The number of unbranched alkanes of at least 4 members (excludes halogenated alkanes) is 46. The number of phosphoric ester groups is 1. The number of phosphoric acid groups is 1. The second-order valence-electron chi connectivity index (χ2n) is 27.4. The van der Waals surface area contributed by atoms with E-state index in [4.69, 9.17) is 18.5 Å². The van der Waals surface area contributed by atoms with Crippen LogP contribution in [0.1, 0.15) is 373 Å². The van der Waals surface area contributed by atoms with Crippen LogP contribution >= 0.6 is 7.82 Å². The molecular formula is C80H149NO8P+. The zero-order valence-electron chi connectivity index (χ0n) is 60.1. The van der Waals surface area contributed by atoms with Crippen molar-refractivity contribution in [2.24, 2.45) is 0 Å². The monoisotopic (exact) mass is 1280 g/mol. The van der Waals surface area contributed by atoms with Crippen molar-refractivity contribution in [3.8, 4) is 0 Å². The molecule has 0 aliphatic rings. The Morgan fingerprint density at radius 1 is 0.356 bits per heavy atom. The summed E-state index contributed by atoms with van der Waals surface area (Å²) in [4.78, 5) is 35.9. The van der Waals surface area contributed by atoms with E-state index in [1.165, 1.54) is 276 Å². The molecule has 2 unspecified atom stereocenters. The third kappa shape index (κ3) is 74.5. The van der Waals surface area contributed by atoms with E-state index in [-0.39, 0.29) is 25.6 Å². The first-order valence-electron chi connectivity index (χ1n) is 38.7. The molecule has 0 aromatic heterocycles. The van der Waals surface area contributed by atoms with Crippen molar-refractivity contribution in [3.05, 3.63) is 72.9 Å². The lowest BCUT2D eigenvalue weighted by Crippen LogP contribution is -2.37. The molecule has 0 aromatic carbocycles. The van der Waals surface area contributed by atoms with Gasteiger partial charge in [-0.1, -0.05) is 350 Å². The molecule has 1 N–H and O–H groups in total. The number of hydrogen-bond donors (Lipinski definition) is 1. The van der Waals surface area contributed by atoms with Crippen molar-refractivity contribution >= 4 is 19.8 Å². The Bertz CT molecular complexity index is 1750. The van der Waals surface area contributed by atoms with Crippen LogP contribution < -0.4 is 0 Å². The molecule has 0 fully saturated rings. The van der Waals surface area contributed by atoms with E-state index in [1.54, 1.807) is 0 Å². The second-order valence-corrected chi connectivity index (χ2v) is 28.8. The fourth-order valence-corrected chi connectivity index (χ4v) is 12.1. The maximum atomic E-state index is 12.9. The predicted octanol–water partition coefficient (Wildman–Crippen LogP) is 25.5. The average molecular weight is 1280 g/mol. The second kappa shape index (κ2) is 70.8. The Hall–Kier alpha value is -2.55. The number of likely N-dealkylation sites (N-methyl/N-ethyl adjacent to an activating group) is 1. The number of ether oxygens (including phenoxy) is 2. The summed E-state index contributed by atoms with van der Waals surface area (Å²) in [6, 6.07) is 0. The van der Waals surface area contributed by atoms with Gasteiger partial charge in [-0.05, 0) is 83.5 Å². The Labute approximate surface area is 559 Å². The average Bonchev–Trinajstić information content (AvgIpc) is 3.62. The highest BCUT2D eigenvalue weighted by Crippen LogP contribution is 2.43. The number of hydrogen-bond acceptors (Lipinski definition) is 7. The van der Waals surface area contributed by atoms with Gasteiger partial charge in [-0.15, -0.1) is 0 Å². The number of rotatable bonds is 72. The number of esters is 2. The summed E-state index contributed by atoms with van der Waals surface area (Å²) in [5, 5.41) is 0. The highest BCUT2D eigenvalue weighted by molar-refractivity contribution is 7.47. The van der Waals surface area contributed by atoms with Gasteiger partial charge < -0.3 is 18.9 Å². The van der Waals surface area contributed by atoms with Crippen LogP contribution in [0.2, 0.25) is 0 Å². The molecule has 0 aromatic rings. The molecule has 0 radical (unpaired) electrons. The molecule has 9 nitrogen and oxygen atoms in total. The molecule has 0 saturated carbocycles. The van der Waals surface area contributed by atoms with Gasteiger partial charge in [-0.3, -0.25) is 18.6 Å². The van der Waals surface area contributed by atoms with Gasteiger partial charge in [0.2, 0.25) is 0 Å². The molecule has 526 valence electrons. The Balaban J connectivity index is 3.90. The largest absolute Gasteiger partial charge is 0.472 e. The van der Waals surface area contributed by atoms with Crippen LogP contribution in [0.25, 0.3) is 0 Å². The molecule has 10 heteroatoms. The smallest absolute Gasteiger partial charge is 0.462 e. The van der Waals surface area contributed by atoms with Crippen LogP contribution in [0.5, 0.6) is 0 Å². The summed E-state index contributed by atoms with van der Waals surface area (Å²) in [5.41, 5.74) is 0. The summed E-state index contributed by atoms with van der Waals surface area (Å²) in [6.45, 7) is 4.37. The Morgan fingerprint density at radius 2 is 0.633 bits per heavy atom. The summed E-state index contributed by atoms with van der Waals surface area (Å²) < 4.78 is 34.8. The predicted molar refractivity (Wildman–Crippen MR) is 390 cm³/mol. The first-order chi connectivity index (χ1) is 44.0. The summed E-state index contributed by atoms with van der Waals surface area (Å²) in [5.74, 6) is -0.779. The van der Waals surface area contributed by atoms with Gasteiger partial charge in [0.1, 0.15) is 19.8 Å². The highest BCUT2D eigenvalue weighted by Gasteiger charge is 2.27. The molecule has 0 heterocycles. The lowest BCUT2D eigenvalue weighted by Gasteiger charge is -2.24. The molecule has 0 rings (SSSR count). The molecule has 0 spiro atoms. The normalized spacial score (nSPS) is 13.4. The van der Waals surface area contributed by atoms with Crippen molar-refractivity contribution in [2.45, 2.75) is 380 Å². The van der Waals surface area contributed by atoms with Crippen LogP contribution in [0.15, 0.2) is 72.9 Å². The number of allylic oxidation sites excluding steroid dienone is 12. The minimum atomic E-state index is -4.39. The van der Waals surface area contributed by atoms with Crippen molar-refractivity contribution < 1.29 is 42.1 Å². The van der Waals surface area contributed by atoms with Crippen molar-refractivity contribution in [1.29, 1.82) is 0 Å². The van der Waals surface area contributed by atoms with Crippen LogP contribution in [0, 0.1) is 0 Å². The van der Waals surface area contributed by atoms with Crippen molar-refractivity contribution in [3.63, 3.8) is 0 Å². The van der Waals surface area contributed by atoms with E-state index >= 15 is 0 Å². The maximum absolute atomic E-state index is 12.9. The van der Waals surface area contributed by atoms with Crippen molar-refractivity contribution in [1.82, 2.24) is 0 Å². The fraction of sp³-hybridized carbons (Fsp3) is 0.825. The minimum Gasteiger partial charge on any atom is -0.462 e. The van der Waals surface area contributed by atoms with Gasteiger partial charge in [0.05, 0.1) is 27.7 Å². The number of nitrogens with zero attached hydrogens (tertiary/aromatic N) is 1. The Morgan fingerprint density at radius 3 is 0.944 bits per heavy atom. The molecule has 0 amide bonds. The molecular weight excluding hydrogens is 1130 g/mol. The quantitative estimate of drug-likeness (QED) is 0.0211. The molecule has 0 aliphatic heterocycles. The zero-order chi connectivity index (χ0) is 65.5. The minimum absolute atomic E-state index is 0.0330. The van der Waals surface area contributed by atoms with E-state index < -0.39 is 26.5 Å². The highest BCUT2D eigenvalue weighted by atomic mass is 31.2.